The van der Waals surface area contributed by atoms with Gasteiger partial charge >= 0.3 is 18.9 Å². The van der Waals surface area contributed by atoms with E-state index in [9.17, 15) is 32.2 Å². The van der Waals surface area contributed by atoms with Crippen LogP contribution in [0.15, 0.2) is 15.3 Å². The van der Waals surface area contributed by atoms with Gasteiger partial charge < -0.3 is 26.7 Å². The first-order valence-corrected chi connectivity index (χ1v) is 8.63. The van der Waals surface area contributed by atoms with E-state index in [0.29, 0.717) is 21.1 Å². The number of hydrogen-bond acceptors (Lipinski definition) is 5. The second-order valence-electron chi connectivity index (χ2n) is 5.55. The van der Waals surface area contributed by atoms with E-state index in [4.69, 9.17) is 16.3 Å². The Hall–Kier alpha value is -2.33. The molecule has 0 spiro atoms. The third kappa shape index (κ3) is 4.07. The van der Waals surface area contributed by atoms with Crippen LogP contribution < -0.4 is 10.3 Å². The van der Waals surface area contributed by atoms with Crippen molar-refractivity contribution < 1.29 is 31.5 Å². The maximum atomic E-state index is 12.7. The molecule has 7 nitrogen and oxygen atoms in total. The summed E-state index contributed by atoms with van der Waals surface area (Å²) in [5, 5.41) is 9.75. The number of halogens is 6. The normalized spacial score (nSPS) is 15.2. The summed E-state index contributed by atoms with van der Waals surface area (Å²) in [6.45, 7) is 2.01. The highest BCUT2D eigenvalue weighted by atomic mass is 79.9. The minimum absolute atomic E-state index is 0.0360. The van der Waals surface area contributed by atoms with Crippen molar-refractivity contribution in [1.82, 2.24) is 4.57 Å². The number of ether oxygens (including phenoxy) is 2. The zero-order chi connectivity index (χ0) is 21.4. The van der Waals surface area contributed by atoms with Gasteiger partial charge in [-0.1, -0.05) is 11.6 Å². The van der Waals surface area contributed by atoms with E-state index >= 15 is 0 Å². The quantitative estimate of drug-likeness (QED) is 0.247. The largest absolute Gasteiger partial charge is 0.673 e. The van der Waals surface area contributed by atoms with Gasteiger partial charge in [0.15, 0.2) is 15.7 Å². The van der Waals surface area contributed by atoms with Crippen molar-refractivity contribution in [2.24, 2.45) is 0 Å². The second kappa shape index (κ2) is 7.96. The molecule has 1 aliphatic rings. The van der Waals surface area contributed by atoms with Gasteiger partial charge in [-0.25, -0.2) is 4.79 Å². The van der Waals surface area contributed by atoms with Gasteiger partial charge in [0.25, 0.3) is 5.56 Å². The summed E-state index contributed by atoms with van der Waals surface area (Å²) in [5.41, 5.74) is -0.220. The molecule has 0 bridgehead atoms. The lowest BCUT2D eigenvalue weighted by atomic mass is 10.1. The van der Waals surface area contributed by atoms with E-state index in [0.717, 1.165) is 0 Å². The molecule has 1 atom stereocenters. The zero-order valence-electron chi connectivity index (χ0n) is 14.2. The average molecular weight is 486 g/mol. The number of nitrogens with zero attached hydrogens (tertiary/aromatic N) is 3. The van der Waals surface area contributed by atoms with Crippen molar-refractivity contribution in [3.8, 4) is 5.75 Å². The smallest absolute Gasteiger partial charge is 0.488 e. The SMILES string of the molecule is COC(=O)c1cc2c([N+]#N)c(Cl)c(Br)c3c2n(c1=O)[C@@H](C)CO3.F[B-](F)(F)F. The summed E-state index contributed by atoms with van der Waals surface area (Å²) in [7, 11) is -4.81. The summed E-state index contributed by atoms with van der Waals surface area (Å²) < 4.78 is 51.1. The number of pyridine rings is 1. The Bertz CT molecular complexity index is 1060. The van der Waals surface area contributed by atoms with Gasteiger partial charge in [-0.05, 0) is 28.9 Å². The molecular weight excluding hydrogens is 476 g/mol. The fourth-order valence-electron chi connectivity index (χ4n) is 2.66. The Balaban J connectivity index is 0.000000500. The Morgan fingerprint density at radius 3 is 2.54 bits per heavy atom. The average Bonchev–Trinajstić information content (AvgIpc) is 2.60. The molecule has 0 unspecified atom stereocenters. The number of carbonyl (C=O) groups is 1. The standard InChI is InChI=1S/C14H10BrClN3O4.BF4/c1-5-4-23-12-8(15)9(16)10(18-17)6-3-7(14(21)22-2)13(20)19(5)11(6)12;2-1(3,4)5/h3,5H,4H2,1-2H3;/q+1;-1/t5-;/m0./s1. The molecule has 2 heterocycles. The number of diazo groups is 1. The van der Waals surface area contributed by atoms with E-state index in [2.05, 4.69) is 25.6 Å². The van der Waals surface area contributed by atoms with Crippen molar-refractivity contribution in [2.75, 3.05) is 13.7 Å². The van der Waals surface area contributed by atoms with Crippen molar-refractivity contribution >= 4 is 57.3 Å². The van der Waals surface area contributed by atoms with Crippen LogP contribution in [0.2, 0.25) is 5.02 Å². The van der Waals surface area contributed by atoms with Crippen LogP contribution in [0.25, 0.3) is 15.9 Å². The Labute approximate surface area is 168 Å². The fraction of sp³-hybridized carbons (Fsp3) is 0.286. The van der Waals surface area contributed by atoms with Gasteiger partial charge in [0.05, 0.1) is 17.6 Å². The summed E-state index contributed by atoms with van der Waals surface area (Å²) in [4.78, 5) is 27.8. The molecule has 3 rings (SSSR count). The molecule has 0 saturated heterocycles. The monoisotopic (exact) mass is 485 g/mol. The van der Waals surface area contributed by atoms with Gasteiger partial charge in [0.2, 0.25) is 5.39 Å². The van der Waals surface area contributed by atoms with Gasteiger partial charge in [0.1, 0.15) is 23.1 Å². The van der Waals surface area contributed by atoms with E-state index in [-0.39, 0.29) is 28.9 Å². The first-order valence-electron chi connectivity index (χ1n) is 7.46. The number of benzene rings is 1. The number of carbonyl (C=O) groups excluding carboxylic acids is 1. The number of methoxy groups -OCH3 is 1. The fourth-order valence-corrected chi connectivity index (χ4v) is 3.37. The lowest BCUT2D eigenvalue weighted by Gasteiger charge is -2.26. The maximum Gasteiger partial charge on any atom is 0.673 e. The summed E-state index contributed by atoms with van der Waals surface area (Å²) in [5.74, 6) is -0.409. The third-order valence-corrected chi connectivity index (χ3v) is 5.07. The molecule has 14 heteroatoms. The molecule has 0 aliphatic carbocycles. The molecule has 0 saturated carbocycles. The van der Waals surface area contributed by atoms with E-state index < -0.39 is 18.8 Å². The zero-order valence-corrected chi connectivity index (χ0v) is 16.5. The van der Waals surface area contributed by atoms with Crippen LogP contribution in [0.3, 0.4) is 0 Å². The number of aromatic nitrogens is 1. The van der Waals surface area contributed by atoms with Crippen LogP contribution in [0, 0.1) is 5.39 Å². The van der Waals surface area contributed by atoms with Crippen LogP contribution in [-0.4, -0.2) is 31.5 Å². The van der Waals surface area contributed by atoms with Crippen LogP contribution in [0.4, 0.5) is 23.0 Å². The minimum atomic E-state index is -6.00. The number of rotatable bonds is 1. The molecular formula is C14H10BBrClF4N3O4. The third-order valence-electron chi connectivity index (χ3n) is 3.72. The molecule has 1 aromatic heterocycles. The first-order chi connectivity index (χ1) is 12.9. The molecule has 0 N–H and O–H groups in total. The van der Waals surface area contributed by atoms with Crippen LogP contribution in [0.1, 0.15) is 23.3 Å². The second-order valence-corrected chi connectivity index (χ2v) is 6.72. The summed E-state index contributed by atoms with van der Waals surface area (Å²) in [6, 6.07) is 0.986. The van der Waals surface area contributed by atoms with Crippen LogP contribution >= 0.6 is 27.5 Å². The Morgan fingerprint density at radius 1 is 1.46 bits per heavy atom. The minimum Gasteiger partial charge on any atom is -0.488 e. The van der Waals surface area contributed by atoms with Crippen molar-refractivity contribution in [1.29, 1.82) is 5.39 Å². The van der Waals surface area contributed by atoms with E-state index in [1.165, 1.54) is 17.7 Å². The highest BCUT2D eigenvalue weighted by Gasteiger charge is 2.34. The lowest BCUT2D eigenvalue weighted by Crippen LogP contribution is -2.34. The molecule has 0 radical (unpaired) electrons. The summed E-state index contributed by atoms with van der Waals surface area (Å²) in [6.07, 6.45) is 0. The van der Waals surface area contributed by atoms with Crippen molar-refractivity contribution in [3.05, 3.63) is 36.5 Å². The Morgan fingerprint density at radius 2 is 2.04 bits per heavy atom. The molecule has 0 fully saturated rings. The molecule has 28 heavy (non-hydrogen) atoms. The highest BCUT2D eigenvalue weighted by Crippen LogP contribution is 2.48. The lowest BCUT2D eigenvalue weighted by molar-refractivity contribution is 0.0597. The predicted molar refractivity (Wildman–Crippen MR) is 97.4 cm³/mol. The van der Waals surface area contributed by atoms with Crippen molar-refractivity contribution in [3.63, 3.8) is 0 Å². The highest BCUT2D eigenvalue weighted by molar-refractivity contribution is 9.10. The molecule has 1 aromatic carbocycles. The number of hydrogen-bond donors (Lipinski definition) is 0. The van der Waals surface area contributed by atoms with Crippen molar-refractivity contribution in [2.45, 2.75) is 13.0 Å². The molecule has 150 valence electrons. The topological polar surface area (TPSA) is 85.7 Å². The van der Waals surface area contributed by atoms with Gasteiger partial charge in [-0.2, -0.15) is 0 Å². The van der Waals surface area contributed by atoms with E-state index in [1.54, 1.807) is 6.92 Å². The van der Waals surface area contributed by atoms with Gasteiger partial charge in [-0.3, -0.25) is 9.36 Å². The van der Waals surface area contributed by atoms with Gasteiger partial charge in [-0.15, -0.1) is 0 Å². The first kappa shape index (κ1) is 22.0. The molecule has 0 amide bonds. The summed E-state index contributed by atoms with van der Waals surface area (Å²) >= 11 is 9.48. The van der Waals surface area contributed by atoms with Crippen LogP contribution in [-0.2, 0) is 4.74 Å². The van der Waals surface area contributed by atoms with Gasteiger partial charge in [0, 0.05) is 0 Å². The molecule has 2 aromatic rings. The van der Waals surface area contributed by atoms with E-state index in [1.807, 2.05) is 0 Å². The number of esters is 1. The van der Waals surface area contributed by atoms with Crippen LogP contribution in [0.5, 0.6) is 5.75 Å². The predicted octanol–water partition coefficient (Wildman–Crippen LogP) is 4.94. The Kier molecular flexibility index (Phi) is 6.25. The maximum absolute atomic E-state index is 12.7. The molecule has 1 aliphatic heterocycles.